The maximum Gasteiger partial charge on any atom is 0.223 e. The number of nitrogens with zero attached hydrogens (tertiary/aromatic N) is 3. The van der Waals surface area contributed by atoms with E-state index in [1.54, 1.807) is 0 Å². The summed E-state index contributed by atoms with van der Waals surface area (Å²) in [5, 5.41) is 4.41. The van der Waals surface area contributed by atoms with Crippen molar-refractivity contribution >= 4 is 5.91 Å². The molecule has 0 N–H and O–H groups in total. The highest BCUT2D eigenvalue weighted by Crippen LogP contribution is 2.32. The minimum absolute atomic E-state index is 0.0201. The van der Waals surface area contributed by atoms with E-state index in [1.165, 1.54) is 24.0 Å². The van der Waals surface area contributed by atoms with Gasteiger partial charge in [0.15, 0.2) is 0 Å². The first-order valence-corrected chi connectivity index (χ1v) is 9.64. The van der Waals surface area contributed by atoms with Gasteiger partial charge in [0.2, 0.25) is 5.91 Å². The third-order valence-corrected chi connectivity index (χ3v) is 5.50. The number of carbonyl (C=O) groups excluding carboxylic acids is 1. The summed E-state index contributed by atoms with van der Waals surface area (Å²) in [5.74, 6) is 0.938. The van der Waals surface area contributed by atoms with Gasteiger partial charge in [0.25, 0.3) is 0 Å². The van der Waals surface area contributed by atoms with Crippen molar-refractivity contribution in [2.75, 3.05) is 19.8 Å². The number of hydrogen-bond donors (Lipinski definition) is 0. The largest absolute Gasteiger partial charge is 0.379 e. The summed E-state index contributed by atoms with van der Waals surface area (Å²) in [6.45, 7) is 2.14. The van der Waals surface area contributed by atoms with E-state index >= 15 is 0 Å². The molecule has 1 unspecified atom stereocenters. The number of aromatic nitrogens is 2. The second kappa shape index (κ2) is 7.62. The van der Waals surface area contributed by atoms with Gasteiger partial charge in [-0.15, -0.1) is 0 Å². The van der Waals surface area contributed by atoms with Gasteiger partial charge in [-0.05, 0) is 42.7 Å². The average molecular weight is 353 g/mol. The van der Waals surface area contributed by atoms with Gasteiger partial charge in [-0.25, -0.2) is 0 Å². The van der Waals surface area contributed by atoms with E-state index in [-0.39, 0.29) is 11.9 Å². The van der Waals surface area contributed by atoms with Crippen LogP contribution in [0.25, 0.3) is 0 Å². The second-order valence-corrected chi connectivity index (χ2v) is 7.50. The lowest BCUT2D eigenvalue weighted by Gasteiger charge is -2.36. The van der Waals surface area contributed by atoms with Crippen molar-refractivity contribution < 1.29 is 9.53 Å². The predicted octanol–water partition coefficient (Wildman–Crippen LogP) is 2.91. The zero-order valence-electron chi connectivity index (χ0n) is 15.4. The van der Waals surface area contributed by atoms with Crippen LogP contribution < -0.4 is 0 Å². The monoisotopic (exact) mass is 353 g/mol. The Morgan fingerprint density at radius 2 is 2.04 bits per heavy atom. The number of ether oxygens (including phenoxy) is 1. The quantitative estimate of drug-likeness (QED) is 0.769. The Hall–Kier alpha value is -2.14. The molecule has 0 spiro atoms. The highest BCUT2D eigenvalue weighted by molar-refractivity contribution is 5.77. The van der Waals surface area contributed by atoms with Gasteiger partial charge in [0, 0.05) is 26.6 Å². The molecule has 1 aliphatic carbocycles. The Balaban J connectivity index is 1.45. The Bertz CT molecular complexity index is 752. The maximum absolute atomic E-state index is 13.0. The second-order valence-electron chi connectivity index (χ2n) is 7.50. The van der Waals surface area contributed by atoms with E-state index in [4.69, 9.17) is 4.74 Å². The zero-order chi connectivity index (χ0) is 17.9. The topological polar surface area (TPSA) is 47.4 Å². The van der Waals surface area contributed by atoms with Gasteiger partial charge in [-0.3, -0.25) is 9.48 Å². The van der Waals surface area contributed by atoms with Gasteiger partial charge < -0.3 is 9.64 Å². The summed E-state index contributed by atoms with van der Waals surface area (Å²) in [6.07, 6.45) is 6.69. The van der Waals surface area contributed by atoms with Crippen LogP contribution in [0.3, 0.4) is 0 Å². The maximum atomic E-state index is 13.0. The zero-order valence-corrected chi connectivity index (χ0v) is 15.4. The number of fused-ring (bicyclic) bond motifs is 1. The van der Waals surface area contributed by atoms with E-state index < -0.39 is 0 Å². The SMILES string of the molecule is Cn1ncc2c1C(COCC1CC1)N(C(=O)CCc1ccccc1)CC2. The number of rotatable bonds is 7. The first-order chi connectivity index (χ1) is 12.7. The van der Waals surface area contributed by atoms with Crippen LogP contribution in [0.4, 0.5) is 0 Å². The molecule has 2 heterocycles. The van der Waals surface area contributed by atoms with Crippen LogP contribution in [0.5, 0.6) is 0 Å². The Labute approximate surface area is 154 Å². The average Bonchev–Trinajstić information content (AvgIpc) is 3.42. The van der Waals surface area contributed by atoms with Gasteiger partial charge in [0.1, 0.15) is 0 Å². The predicted molar refractivity (Wildman–Crippen MR) is 99.7 cm³/mol. The lowest BCUT2D eigenvalue weighted by atomic mass is 9.99. The van der Waals surface area contributed by atoms with Crippen molar-refractivity contribution in [3.8, 4) is 0 Å². The van der Waals surface area contributed by atoms with Crippen LogP contribution in [0.2, 0.25) is 0 Å². The third-order valence-electron chi connectivity index (χ3n) is 5.50. The normalized spacial score (nSPS) is 19.4. The number of amides is 1. The van der Waals surface area contributed by atoms with E-state index in [9.17, 15) is 4.79 Å². The number of aryl methyl sites for hydroxylation is 2. The molecule has 5 heteroatoms. The molecule has 0 bridgehead atoms. The van der Waals surface area contributed by atoms with E-state index in [0.29, 0.717) is 13.0 Å². The molecule has 2 aliphatic rings. The number of carbonyl (C=O) groups is 1. The van der Waals surface area contributed by atoms with Gasteiger partial charge in [-0.1, -0.05) is 30.3 Å². The van der Waals surface area contributed by atoms with Crippen molar-refractivity contribution in [2.24, 2.45) is 13.0 Å². The number of hydrogen-bond acceptors (Lipinski definition) is 3. The molecule has 1 aliphatic heterocycles. The summed E-state index contributed by atoms with van der Waals surface area (Å²) in [4.78, 5) is 15.0. The summed E-state index contributed by atoms with van der Waals surface area (Å²) in [7, 11) is 1.96. The standard InChI is InChI=1S/C21H27N3O2/c1-23-21-18(13-22-23)11-12-24(19(21)15-26-14-17-7-8-17)20(25)10-9-16-5-3-2-4-6-16/h2-6,13,17,19H,7-12,14-15H2,1H3. The van der Waals surface area contributed by atoms with Crippen molar-refractivity contribution in [3.63, 3.8) is 0 Å². The number of benzene rings is 1. The molecule has 1 saturated carbocycles. The highest BCUT2D eigenvalue weighted by Gasteiger charge is 2.34. The fourth-order valence-corrected chi connectivity index (χ4v) is 3.80. The highest BCUT2D eigenvalue weighted by atomic mass is 16.5. The van der Waals surface area contributed by atoms with E-state index in [2.05, 4.69) is 17.2 Å². The summed E-state index contributed by atoms with van der Waals surface area (Å²) >= 11 is 0. The Morgan fingerprint density at radius 1 is 1.23 bits per heavy atom. The van der Waals surface area contributed by atoms with Crippen LogP contribution in [-0.4, -0.2) is 40.3 Å². The Morgan fingerprint density at radius 3 is 2.81 bits per heavy atom. The van der Waals surface area contributed by atoms with Crippen LogP contribution >= 0.6 is 0 Å². The smallest absolute Gasteiger partial charge is 0.223 e. The lowest BCUT2D eigenvalue weighted by Crippen LogP contribution is -2.43. The molecule has 138 valence electrons. The summed E-state index contributed by atoms with van der Waals surface area (Å²) in [6, 6.07) is 10.2. The molecule has 5 nitrogen and oxygen atoms in total. The Kier molecular flexibility index (Phi) is 5.07. The lowest BCUT2D eigenvalue weighted by molar-refractivity contribution is -0.136. The molecule has 1 fully saturated rings. The first-order valence-electron chi connectivity index (χ1n) is 9.64. The molecule has 26 heavy (non-hydrogen) atoms. The van der Waals surface area contributed by atoms with Gasteiger partial charge in [0.05, 0.1) is 24.5 Å². The van der Waals surface area contributed by atoms with Crippen LogP contribution in [0.15, 0.2) is 36.5 Å². The molecule has 0 saturated heterocycles. The van der Waals surface area contributed by atoms with Crippen molar-refractivity contribution in [3.05, 3.63) is 53.3 Å². The third kappa shape index (κ3) is 3.83. The molecule has 1 atom stereocenters. The molecule has 4 rings (SSSR count). The minimum Gasteiger partial charge on any atom is -0.379 e. The van der Waals surface area contributed by atoms with E-state index in [1.807, 2.05) is 41.0 Å². The van der Waals surface area contributed by atoms with Crippen molar-refractivity contribution in [2.45, 2.75) is 38.1 Å². The first kappa shape index (κ1) is 17.3. The van der Waals surface area contributed by atoms with Crippen molar-refractivity contribution in [1.29, 1.82) is 0 Å². The van der Waals surface area contributed by atoms with Crippen LogP contribution in [0, 0.1) is 5.92 Å². The molecule has 2 aromatic rings. The van der Waals surface area contributed by atoms with Crippen LogP contribution in [0.1, 0.15) is 42.1 Å². The summed E-state index contributed by atoms with van der Waals surface area (Å²) < 4.78 is 7.90. The molecular weight excluding hydrogens is 326 g/mol. The van der Waals surface area contributed by atoms with Gasteiger partial charge >= 0.3 is 0 Å². The van der Waals surface area contributed by atoms with Gasteiger partial charge in [-0.2, -0.15) is 5.10 Å². The molecule has 1 aromatic carbocycles. The fourth-order valence-electron chi connectivity index (χ4n) is 3.80. The molecule has 1 amide bonds. The molecule has 1 aromatic heterocycles. The van der Waals surface area contributed by atoms with Crippen LogP contribution in [-0.2, 0) is 29.4 Å². The molecule has 0 radical (unpaired) electrons. The fraction of sp³-hybridized carbons (Fsp3) is 0.524. The molecular formula is C21H27N3O2. The minimum atomic E-state index is -0.0201. The van der Waals surface area contributed by atoms with E-state index in [0.717, 1.165) is 37.6 Å². The summed E-state index contributed by atoms with van der Waals surface area (Å²) in [5.41, 5.74) is 3.60. The van der Waals surface area contributed by atoms with Crippen molar-refractivity contribution in [1.82, 2.24) is 14.7 Å².